The van der Waals surface area contributed by atoms with Crippen LogP contribution in [-0.4, -0.2) is 205 Å². The van der Waals surface area contributed by atoms with E-state index in [1.54, 1.807) is 12.1 Å². The zero-order chi connectivity index (χ0) is 37.9. The Labute approximate surface area is 297 Å². The molecule has 21 nitrogen and oxygen atoms in total. The number of morpholine rings is 1. The molecule has 0 bridgehead atoms. The highest BCUT2D eigenvalue weighted by Gasteiger charge is 2.51. The van der Waals surface area contributed by atoms with Gasteiger partial charge in [0.25, 0.3) is 5.69 Å². The van der Waals surface area contributed by atoms with Crippen molar-refractivity contribution in [2.45, 2.75) is 118 Å². The van der Waals surface area contributed by atoms with E-state index in [4.69, 9.17) is 33.2 Å². The van der Waals surface area contributed by atoms with E-state index in [0.29, 0.717) is 6.54 Å². The first-order valence-electron chi connectivity index (χ1n) is 16.8. The largest absolute Gasteiger partial charge is 0.394 e. The van der Waals surface area contributed by atoms with Crippen molar-refractivity contribution in [3.8, 4) is 0 Å². The molecule has 296 valence electrons. The van der Waals surface area contributed by atoms with Crippen molar-refractivity contribution in [2.24, 2.45) is 0 Å². The molecule has 4 saturated heterocycles. The fourth-order valence-electron chi connectivity index (χ4n) is 6.63. The fraction of sp³-hybridized carbons (Fsp3) is 0.806. The summed E-state index contributed by atoms with van der Waals surface area (Å²) in [5, 5.41) is 115. The molecule has 0 amide bonds. The van der Waals surface area contributed by atoms with Gasteiger partial charge in [0.05, 0.1) is 43.6 Å². The van der Waals surface area contributed by atoms with Crippen molar-refractivity contribution in [3.05, 3.63) is 39.9 Å². The van der Waals surface area contributed by atoms with Crippen LogP contribution in [0, 0.1) is 10.1 Å². The number of nitrogens with zero attached hydrogens (tertiary/aromatic N) is 2. The van der Waals surface area contributed by atoms with Crippen LogP contribution < -0.4 is 0 Å². The lowest BCUT2D eigenvalue weighted by molar-refractivity contribution is -0.384. The molecule has 52 heavy (non-hydrogen) atoms. The Kier molecular flexibility index (Phi) is 14.2. The normalized spacial score (nSPS) is 43.3. The lowest BCUT2D eigenvalue weighted by Gasteiger charge is -2.47. The van der Waals surface area contributed by atoms with Crippen molar-refractivity contribution in [3.63, 3.8) is 0 Å². The summed E-state index contributed by atoms with van der Waals surface area (Å²) < 4.78 is 39.9. The van der Waals surface area contributed by atoms with Gasteiger partial charge in [0, 0.05) is 31.8 Å². The van der Waals surface area contributed by atoms with Gasteiger partial charge in [0.2, 0.25) is 0 Å². The van der Waals surface area contributed by atoms with Crippen LogP contribution in [0.3, 0.4) is 0 Å². The molecule has 4 aliphatic rings. The average Bonchev–Trinajstić information content (AvgIpc) is 3.13. The molecule has 0 spiro atoms. The summed E-state index contributed by atoms with van der Waals surface area (Å²) in [7, 11) is 0. The zero-order valence-corrected chi connectivity index (χ0v) is 28.1. The summed E-state index contributed by atoms with van der Waals surface area (Å²) in [5.41, 5.74) is 0.661. The maximum Gasteiger partial charge on any atom is 0.269 e. The minimum atomic E-state index is -1.81. The molecule has 0 aliphatic carbocycles. The van der Waals surface area contributed by atoms with Crippen LogP contribution in [0.5, 0.6) is 0 Å². The summed E-state index contributed by atoms with van der Waals surface area (Å²) in [4.78, 5) is 12.4. The molecule has 1 aromatic carbocycles. The molecule has 4 fully saturated rings. The Hall–Kier alpha value is -2.10. The third-order valence-electron chi connectivity index (χ3n) is 9.59. The molecule has 0 radical (unpaired) electrons. The van der Waals surface area contributed by atoms with Crippen LogP contribution in [0.2, 0.25) is 0 Å². The summed E-state index contributed by atoms with van der Waals surface area (Å²) in [5.74, 6) is 0. The average molecular weight is 753 g/mol. The Morgan fingerprint density at radius 3 is 1.96 bits per heavy atom. The number of ether oxygens (including phenoxy) is 7. The second-order valence-electron chi connectivity index (χ2n) is 13.3. The van der Waals surface area contributed by atoms with Crippen molar-refractivity contribution in [1.82, 2.24) is 4.90 Å². The standard InChI is InChI=1S/C31H48N2O19/c1-13-21(37)28(52-31-26(42)25(41)22(38)17(10-35)50-31)24(40)19(47-13)12-46-30-27(43)29(23(39)18(11-36)49-30)51-20-8-32(7-16(9-34)48-20)6-14-2-4-15(5-3-14)33(44)45/h2-5,13,16-31,34-43H,6-12H2,1H3. The quantitative estimate of drug-likeness (QED) is 0.0664. The zero-order valence-electron chi connectivity index (χ0n) is 28.1. The van der Waals surface area contributed by atoms with Crippen LogP contribution in [0.15, 0.2) is 24.3 Å². The SMILES string of the molecule is CC1OC(COC2OC(CO)C(O)C(OC3CN(Cc4ccc([N+](=O)[O-])cc4)CC(CO)O3)C2O)C(O)C(OC2OC(CO)C(O)C(O)C2O)C1O. The molecule has 17 unspecified atom stereocenters. The number of hydrogen-bond acceptors (Lipinski definition) is 20. The molecule has 10 N–H and O–H groups in total. The highest BCUT2D eigenvalue weighted by atomic mass is 16.7. The highest BCUT2D eigenvalue weighted by Crippen LogP contribution is 2.31. The molecule has 4 heterocycles. The van der Waals surface area contributed by atoms with Gasteiger partial charge in [-0.15, -0.1) is 0 Å². The van der Waals surface area contributed by atoms with Gasteiger partial charge in [0.1, 0.15) is 73.2 Å². The van der Waals surface area contributed by atoms with Crippen LogP contribution in [0.1, 0.15) is 12.5 Å². The summed E-state index contributed by atoms with van der Waals surface area (Å²) in [6.45, 7) is -0.221. The molecular weight excluding hydrogens is 704 g/mol. The summed E-state index contributed by atoms with van der Waals surface area (Å²) in [6, 6.07) is 5.92. The predicted molar refractivity (Wildman–Crippen MR) is 168 cm³/mol. The first kappa shape index (κ1) is 41.1. The van der Waals surface area contributed by atoms with E-state index >= 15 is 0 Å². The number of nitro benzene ring substituents is 1. The number of aliphatic hydroxyl groups is 10. The second-order valence-corrected chi connectivity index (χ2v) is 13.3. The van der Waals surface area contributed by atoms with E-state index in [1.165, 1.54) is 19.1 Å². The lowest BCUT2D eigenvalue weighted by Crippen LogP contribution is -2.65. The monoisotopic (exact) mass is 752 g/mol. The maximum absolute atomic E-state index is 11.3. The van der Waals surface area contributed by atoms with E-state index in [1.807, 2.05) is 4.90 Å². The van der Waals surface area contributed by atoms with E-state index in [0.717, 1.165) is 5.56 Å². The van der Waals surface area contributed by atoms with Crippen LogP contribution in [0.4, 0.5) is 5.69 Å². The molecule has 17 atom stereocenters. The van der Waals surface area contributed by atoms with Crippen molar-refractivity contribution in [1.29, 1.82) is 0 Å². The van der Waals surface area contributed by atoms with Gasteiger partial charge >= 0.3 is 0 Å². The predicted octanol–water partition coefficient (Wildman–Crippen LogP) is -5.35. The van der Waals surface area contributed by atoms with E-state index in [9.17, 15) is 61.2 Å². The lowest BCUT2D eigenvalue weighted by atomic mass is 9.94. The van der Waals surface area contributed by atoms with E-state index in [2.05, 4.69) is 0 Å². The molecule has 1 aromatic rings. The molecule has 4 aliphatic heterocycles. The second kappa shape index (κ2) is 18.0. The van der Waals surface area contributed by atoms with Gasteiger partial charge < -0.3 is 84.2 Å². The topological polar surface area (TPSA) is 313 Å². The van der Waals surface area contributed by atoms with Crippen molar-refractivity contribution >= 4 is 5.69 Å². The van der Waals surface area contributed by atoms with Gasteiger partial charge in [-0.1, -0.05) is 12.1 Å². The Morgan fingerprint density at radius 1 is 0.712 bits per heavy atom. The summed E-state index contributed by atoms with van der Waals surface area (Å²) in [6.07, 6.45) is -24.6. The smallest absolute Gasteiger partial charge is 0.269 e. The minimum Gasteiger partial charge on any atom is -0.394 e. The van der Waals surface area contributed by atoms with Crippen molar-refractivity contribution < 1.29 is 89.1 Å². The van der Waals surface area contributed by atoms with Gasteiger partial charge in [-0.25, -0.2) is 0 Å². The molecule has 21 heteroatoms. The number of aliphatic hydroxyl groups excluding tert-OH is 10. The number of nitro groups is 1. The molecule has 0 saturated carbocycles. The first-order chi connectivity index (χ1) is 24.8. The Bertz CT molecular complexity index is 1280. The van der Waals surface area contributed by atoms with Gasteiger partial charge in [-0.2, -0.15) is 0 Å². The van der Waals surface area contributed by atoms with Crippen LogP contribution >= 0.6 is 0 Å². The van der Waals surface area contributed by atoms with Crippen LogP contribution in [-0.2, 0) is 39.7 Å². The highest BCUT2D eigenvalue weighted by molar-refractivity contribution is 5.32. The minimum absolute atomic E-state index is 0.0734. The third kappa shape index (κ3) is 9.22. The number of hydrogen-bond donors (Lipinski definition) is 10. The molecule has 0 aromatic heterocycles. The Morgan fingerprint density at radius 2 is 1.33 bits per heavy atom. The number of benzene rings is 1. The first-order valence-corrected chi connectivity index (χ1v) is 16.8. The van der Waals surface area contributed by atoms with Crippen LogP contribution in [0.25, 0.3) is 0 Å². The Balaban J connectivity index is 1.22. The summed E-state index contributed by atoms with van der Waals surface area (Å²) >= 11 is 0. The van der Waals surface area contributed by atoms with Gasteiger partial charge in [-0.05, 0) is 12.5 Å². The van der Waals surface area contributed by atoms with Gasteiger partial charge in [0.15, 0.2) is 18.9 Å². The van der Waals surface area contributed by atoms with E-state index in [-0.39, 0.29) is 18.8 Å². The van der Waals surface area contributed by atoms with E-state index < -0.39 is 136 Å². The molecule has 5 rings (SSSR count). The third-order valence-corrected chi connectivity index (χ3v) is 9.59. The maximum atomic E-state index is 11.3. The fourth-order valence-corrected chi connectivity index (χ4v) is 6.63. The number of rotatable bonds is 13. The van der Waals surface area contributed by atoms with Gasteiger partial charge in [-0.3, -0.25) is 15.0 Å². The molecular formula is C31H48N2O19. The van der Waals surface area contributed by atoms with Crippen molar-refractivity contribution in [2.75, 3.05) is 39.5 Å². The number of non-ortho nitro benzene ring substituents is 1.